The number of fused-ring (bicyclic) bond motifs is 2. The molecular formula is C30H33FN6O2. The predicted molar refractivity (Wildman–Crippen MR) is 148 cm³/mol. The number of aromatic nitrogens is 2. The molecule has 2 saturated carbocycles. The summed E-state index contributed by atoms with van der Waals surface area (Å²) in [4.78, 5) is 26.0. The van der Waals surface area contributed by atoms with E-state index in [-0.39, 0.29) is 29.2 Å². The smallest absolute Gasteiger partial charge is 0.252 e. The molecule has 2 aliphatic heterocycles. The highest BCUT2D eigenvalue weighted by Crippen LogP contribution is 2.50. The summed E-state index contributed by atoms with van der Waals surface area (Å²) >= 11 is 0. The summed E-state index contributed by atoms with van der Waals surface area (Å²) in [5.41, 5.74) is 3.96. The number of rotatable bonds is 7. The monoisotopic (exact) mass is 528 g/mol. The Morgan fingerprint density at radius 2 is 1.90 bits per heavy atom. The molecule has 1 aromatic heterocycles. The minimum absolute atomic E-state index is 0.106. The lowest BCUT2D eigenvalue weighted by atomic mass is 9.99. The number of nitrogens with one attached hydrogen (secondary N) is 2. The lowest BCUT2D eigenvalue weighted by molar-refractivity contribution is 0.0952. The van der Waals surface area contributed by atoms with Crippen molar-refractivity contribution in [1.82, 2.24) is 20.2 Å². The van der Waals surface area contributed by atoms with Crippen molar-refractivity contribution in [3.8, 4) is 17.0 Å². The van der Waals surface area contributed by atoms with Crippen LogP contribution in [-0.4, -0.2) is 60.1 Å². The first-order valence-corrected chi connectivity index (χ1v) is 13.9. The molecule has 2 aromatic carbocycles. The normalized spacial score (nSPS) is 19.8. The number of carbonyl (C=O) groups is 1. The second-order valence-corrected chi connectivity index (χ2v) is 11.5. The van der Waals surface area contributed by atoms with Crippen LogP contribution in [0.1, 0.15) is 54.4 Å². The zero-order valence-electron chi connectivity index (χ0n) is 22.3. The average Bonchev–Trinajstić information content (AvgIpc) is 3.87. The number of piperidine rings is 1. The van der Waals surface area contributed by atoms with Crippen molar-refractivity contribution in [2.45, 2.75) is 56.2 Å². The molecule has 8 nitrogen and oxygen atoms in total. The molecule has 3 heterocycles. The molecule has 2 N–H and O–H groups in total. The van der Waals surface area contributed by atoms with Gasteiger partial charge in [0.25, 0.3) is 5.91 Å². The fourth-order valence-electron chi connectivity index (χ4n) is 5.84. The maximum Gasteiger partial charge on any atom is 0.252 e. The Balaban J connectivity index is 1.17. The van der Waals surface area contributed by atoms with E-state index in [1.807, 2.05) is 18.2 Å². The van der Waals surface area contributed by atoms with Gasteiger partial charge in [-0.15, -0.1) is 0 Å². The summed E-state index contributed by atoms with van der Waals surface area (Å²) in [6.45, 7) is 1.96. The number of benzene rings is 2. The molecule has 1 saturated heterocycles. The van der Waals surface area contributed by atoms with Crippen molar-refractivity contribution in [2.24, 2.45) is 0 Å². The van der Waals surface area contributed by atoms with Crippen molar-refractivity contribution in [1.29, 1.82) is 0 Å². The number of hydrogen-bond donors (Lipinski definition) is 2. The third kappa shape index (κ3) is 4.58. The summed E-state index contributed by atoms with van der Waals surface area (Å²) in [7, 11) is 4.29. The molecule has 3 aromatic rings. The van der Waals surface area contributed by atoms with E-state index in [1.54, 1.807) is 6.07 Å². The molecule has 9 heteroatoms. The van der Waals surface area contributed by atoms with Gasteiger partial charge in [0.05, 0.1) is 23.5 Å². The minimum Gasteiger partial charge on any atom is -0.488 e. The summed E-state index contributed by atoms with van der Waals surface area (Å²) in [5.74, 6) is 0.374. The van der Waals surface area contributed by atoms with Crippen LogP contribution in [0.5, 0.6) is 5.75 Å². The van der Waals surface area contributed by atoms with E-state index in [0.717, 1.165) is 74.3 Å². The van der Waals surface area contributed by atoms with Crippen LogP contribution >= 0.6 is 0 Å². The average molecular weight is 529 g/mol. The van der Waals surface area contributed by atoms with Crippen LogP contribution < -0.4 is 20.3 Å². The zero-order chi connectivity index (χ0) is 26.7. The molecule has 0 radical (unpaired) electrons. The van der Waals surface area contributed by atoms with Crippen LogP contribution in [-0.2, 0) is 5.54 Å². The van der Waals surface area contributed by atoms with E-state index in [2.05, 4.69) is 56.6 Å². The van der Waals surface area contributed by atoms with Crippen molar-refractivity contribution in [2.75, 3.05) is 37.4 Å². The first-order valence-electron chi connectivity index (χ1n) is 13.9. The van der Waals surface area contributed by atoms with Gasteiger partial charge in [0.15, 0.2) is 5.82 Å². The Bertz CT molecular complexity index is 1440. The number of carbonyl (C=O) groups excluding carboxylic acids is 1. The Labute approximate surface area is 227 Å². The summed E-state index contributed by atoms with van der Waals surface area (Å²) in [6.07, 6.45) is 7.60. The number of amides is 1. The van der Waals surface area contributed by atoms with Crippen LogP contribution in [0.25, 0.3) is 11.3 Å². The van der Waals surface area contributed by atoms with Crippen molar-refractivity contribution >= 4 is 23.2 Å². The molecule has 7 rings (SSSR count). The third-order valence-corrected chi connectivity index (χ3v) is 8.49. The quantitative estimate of drug-likeness (QED) is 0.455. The Morgan fingerprint density at radius 1 is 1.10 bits per heavy atom. The molecule has 4 aliphatic rings. The SMILES string of the molecule is CN(C)C1CCN(c2ccc(OC3CC3)c(Nc3ncc(F)c(-c4ccc5c(c4)C(=O)NC54CC4)n3)c2)CC1. The largest absolute Gasteiger partial charge is 0.488 e. The van der Waals surface area contributed by atoms with Gasteiger partial charge in [-0.2, -0.15) is 0 Å². The predicted octanol–water partition coefficient (Wildman–Crippen LogP) is 4.83. The maximum atomic E-state index is 15.0. The van der Waals surface area contributed by atoms with Gasteiger partial charge in [-0.25, -0.2) is 14.4 Å². The third-order valence-electron chi connectivity index (χ3n) is 8.49. The molecule has 202 valence electrons. The van der Waals surface area contributed by atoms with Gasteiger partial charge in [0.2, 0.25) is 5.95 Å². The van der Waals surface area contributed by atoms with Crippen LogP contribution in [0.4, 0.5) is 21.7 Å². The molecule has 1 spiro atoms. The highest BCUT2D eigenvalue weighted by molar-refractivity contribution is 6.01. The number of nitrogens with zero attached hydrogens (tertiary/aromatic N) is 4. The second-order valence-electron chi connectivity index (χ2n) is 11.5. The van der Waals surface area contributed by atoms with Gasteiger partial charge < -0.3 is 25.2 Å². The molecule has 39 heavy (non-hydrogen) atoms. The highest BCUT2D eigenvalue weighted by Gasteiger charge is 2.52. The van der Waals surface area contributed by atoms with E-state index in [1.165, 1.54) is 6.20 Å². The number of halogens is 1. The lowest BCUT2D eigenvalue weighted by Gasteiger charge is -2.36. The molecule has 0 bridgehead atoms. The van der Waals surface area contributed by atoms with Gasteiger partial charge in [-0.3, -0.25) is 4.79 Å². The van der Waals surface area contributed by atoms with E-state index >= 15 is 0 Å². The van der Waals surface area contributed by atoms with Gasteiger partial charge in [0.1, 0.15) is 11.4 Å². The van der Waals surface area contributed by atoms with Gasteiger partial charge in [0, 0.05) is 35.9 Å². The van der Waals surface area contributed by atoms with E-state index in [0.29, 0.717) is 17.2 Å². The molecule has 2 aliphatic carbocycles. The number of anilines is 3. The molecular weight excluding hydrogens is 495 g/mol. The topological polar surface area (TPSA) is 82.6 Å². The lowest BCUT2D eigenvalue weighted by Crippen LogP contribution is -2.41. The fraction of sp³-hybridized carbons (Fsp3) is 0.433. The Morgan fingerprint density at radius 3 is 2.62 bits per heavy atom. The maximum absolute atomic E-state index is 15.0. The Hall–Kier alpha value is -3.72. The summed E-state index contributed by atoms with van der Waals surface area (Å²) in [5, 5.41) is 6.38. The first kappa shape index (κ1) is 24.3. The summed E-state index contributed by atoms with van der Waals surface area (Å²) < 4.78 is 21.2. The molecule has 1 amide bonds. The number of ether oxygens (including phenoxy) is 1. The highest BCUT2D eigenvalue weighted by atomic mass is 19.1. The van der Waals surface area contributed by atoms with Gasteiger partial charge in [-0.1, -0.05) is 12.1 Å². The van der Waals surface area contributed by atoms with Crippen LogP contribution in [0.2, 0.25) is 0 Å². The van der Waals surface area contributed by atoms with Crippen LogP contribution in [0.3, 0.4) is 0 Å². The molecule has 0 atom stereocenters. The van der Waals surface area contributed by atoms with Crippen LogP contribution in [0.15, 0.2) is 42.6 Å². The van der Waals surface area contributed by atoms with E-state index in [4.69, 9.17) is 4.74 Å². The second kappa shape index (κ2) is 9.19. The summed E-state index contributed by atoms with van der Waals surface area (Å²) in [6, 6.07) is 12.3. The molecule has 0 unspecified atom stereocenters. The zero-order valence-corrected chi connectivity index (χ0v) is 22.3. The van der Waals surface area contributed by atoms with E-state index in [9.17, 15) is 9.18 Å². The van der Waals surface area contributed by atoms with Crippen molar-refractivity contribution in [3.63, 3.8) is 0 Å². The van der Waals surface area contributed by atoms with Gasteiger partial charge >= 0.3 is 0 Å². The first-order chi connectivity index (χ1) is 18.9. The van der Waals surface area contributed by atoms with E-state index < -0.39 is 5.82 Å². The standard InChI is InChI=1S/C30H33FN6O2/c1-36(2)19-9-13-37(14-10-19)20-4-8-26(39-21-5-6-21)25(16-20)33-29-32-17-24(31)27(34-29)18-3-7-23-22(15-18)28(38)35-30(23)11-12-30/h3-4,7-8,15-17,19,21H,5-6,9-14H2,1-2H3,(H,35,38)(H,32,33,34). The number of hydrogen-bond acceptors (Lipinski definition) is 7. The minimum atomic E-state index is -0.535. The van der Waals surface area contributed by atoms with Gasteiger partial charge in [-0.05, 0) is 82.4 Å². The Kier molecular flexibility index (Phi) is 5.73. The van der Waals surface area contributed by atoms with Crippen molar-refractivity contribution in [3.05, 3.63) is 59.5 Å². The molecule has 3 fully saturated rings. The van der Waals surface area contributed by atoms with Crippen molar-refractivity contribution < 1.29 is 13.9 Å². The van der Waals surface area contributed by atoms with Crippen LogP contribution in [0, 0.1) is 5.82 Å². The fourth-order valence-corrected chi connectivity index (χ4v) is 5.84.